The Morgan fingerprint density at radius 3 is 1.81 bits per heavy atom. The van der Waals surface area contributed by atoms with Gasteiger partial charge >= 0.3 is 0 Å². The van der Waals surface area contributed by atoms with Gasteiger partial charge in [0.15, 0.2) is 0 Å². The molecule has 0 aliphatic heterocycles. The maximum absolute atomic E-state index is 13.6. The van der Waals surface area contributed by atoms with Gasteiger partial charge in [-0.2, -0.15) is 0 Å². The number of halogens is 2. The Morgan fingerprint density at radius 1 is 0.857 bits per heavy atom. The van der Waals surface area contributed by atoms with Gasteiger partial charge in [0.1, 0.15) is 11.9 Å². The minimum absolute atomic E-state index is 0.353. The van der Waals surface area contributed by atoms with Gasteiger partial charge in [-0.3, -0.25) is 0 Å². The van der Waals surface area contributed by atoms with E-state index in [0.29, 0.717) is 10.0 Å². The fourth-order valence-electron chi connectivity index (χ4n) is 2.84. The molecule has 1 atom stereocenters. The first-order chi connectivity index (χ1) is 9.73. The third-order valence-corrected chi connectivity index (χ3v) is 4.99. The lowest BCUT2D eigenvalue weighted by molar-refractivity contribution is 0.218. The third kappa shape index (κ3) is 2.90. The van der Waals surface area contributed by atoms with Crippen LogP contribution in [-0.2, 0) is 0 Å². The van der Waals surface area contributed by atoms with Crippen LogP contribution in [0.2, 0.25) is 0 Å². The van der Waals surface area contributed by atoms with E-state index < -0.39 is 6.10 Å². The maximum atomic E-state index is 13.6. The zero-order valence-electron chi connectivity index (χ0n) is 13.0. The maximum Gasteiger partial charge on any atom is 0.124 e. The highest BCUT2D eigenvalue weighted by Crippen LogP contribution is 2.34. The molecule has 0 aliphatic rings. The molecule has 0 bridgehead atoms. The summed E-state index contributed by atoms with van der Waals surface area (Å²) in [5.41, 5.74) is 7.21. The average molecular weight is 351 g/mol. The number of hydrogen-bond acceptors (Lipinski definition) is 1. The van der Waals surface area contributed by atoms with Crippen molar-refractivity contribution < 1.29 is 9.50 Å². The fraction of sp³-hybridized carbons (Fsp3) is 0.333. The fourth-order valence-corrected chi connectivity index (χ4v) is 3.32. The lowest BCUT2D eigenvalue weighted by Gasteiger charge is -2.23. The Bertz CT molecular complexity index is 658. The molecule has 0 spiro atoms. The van der Waals surface area contributed by atoms with E-state index in [-0.39, 0.29) is 5.82 Å². The molecular formula is C18H20BrFO. The van der Waals surface area contributed by atoms with E-state index in [1.54, 1.807) is 6.07 Å². The summed E-state index contributed by atoms with van der Waals surface area (Å²) < 4.78 is 14.2. The molecule has 0 saturated carbocycles. The summed E-state index contributed by atoms with van der Waals surface area (Å²) >= 11 is 3.28. The Hall–Kier alpha value is -1.19. The van der Waals surface area contributed by atoms with Crippen molar-refractivity contribution in [1.82, 2.24) is 0 Å². The molecule has 1 nitrogen and oxygen atoms in total. The van der Waals surface area contributed by atoms with Crippen LogP contribution in [0.4, 0.5) is 4.39 Å². The second kappa shape index (κ2) is 5.90. The average Bonchev–Trinajstić information content (AvgIpc) is 2.42. The van der Waals surface area contributed by atoms with E-state index in [9.17, 15) is 9.50 Å². The molecule has 0 heterocycles. The summed E-state index contributed by atoms with van der Waals surface area (Å²) in [6.45, 7) is 10.3. The molecule has 2 rings (SSSR count). The second-order valence-electron chi connectivity index (χ2n) is 5.64. The monoisotopic (exact) mass is 350 g/mol. The summed E-state index contributed by atoms with van der Waals surface area (Å²) in [4.78, 5) is 0. The van der Waals surface area contributed by atoms with Crippen molar-refractivity contribution in [3.8, 4) is 0 Å². The van der Waals surface area contributed by atoms with Gasteiger partial charge in [0.05, 0.1) is 0 Å². The zero-order chi connectivity index (χ0) is 15.9. The van der Waals surface area contributed by atoms with Crippen LogP contribution in [0.5, 0.6) is 0 Å². The molecule has 3 heteroatoms. The van der Waals surface area contributed by atoms with E-state index in [2.05, 4.69) is 36.7 Å². The van der Waals surface area contributed by atoms with E-state index in [1.165, 1.54) is 28.8 Å². The van der Waals surface area contributed by atoms with Gasteiger partial charge < -0.3 is 5.11 Å². The normalized spacial score (nSPS) is 12.6. The second-order valence-corrected chi connectivity index (χ2v) is 6.56. The predicted octanol–water partition coefficient (Wildman–Crippen LogP) is 5.21. The number of benzene rings is 2. The third-order valence-electron chi connectivity index (χ3n) is 4.53. The summed E-state index contributed by atoms with van der Waals surface area (Å²) in [7, 11) is 0. The Labute approximate surface area is 134 Å². The van der Waals surface area contributed by atoms with Crippen molar-refractivity contribution in [3.63, 3.8) is 0 Å². The molecule has 2 aromatic rings. The van der Waals surface area contributed by atoms with Crippen LogP contribution in [0.15, 0.2) is 22.7 Å². The van der Waals surface area contributed by atoms with Crippen molar-refractivity contribution >= 4 is 15.9 Å². The number of aliphatic hydroxyl groups excluding tert-OH is 1. The van der Waals surface area contributed by atoms with Crippen LogP contribution >= 0.6 is 15.9 Å². The quantitative estimate of drug-likeness (QED) is 0.787. The van der Waals surface area contributed by atoms with Crippen LogP contribution in [0.25, 0.3) is 0 Å². The highest BCUT2D eigenvalue weighted by molar-refractivity contribution is 9.10. The zero-order valence-corrected chi connectivity index (χ0v) is 14.6. The van der Waals surface area contributed by atoms with Crippen molar-refractivity contribution in [2.45, 2.75) is 40.7 Å². The van der Waals surface area contributed by atoms with Gasteiger partial charge in [-0.25, -0.2) is 4.39 Å². The summed E-state index contributed by atoms with van der Waals surface area (Å²) in [6, 6.07) is 4.54. The molecule has 1 N–H and O–H groups in total. The van der Waals surface area contributed by atoms with Gasteiger partial charge in [0, 0.05) is 4.47 Å². The van der Waals surface area contributed by atoms with E-state index in [0.717, 1.165) is 16.7 Å². The van der Waals surface area contributed by atoms with E-state index >= 15 is 0 Å². The standard InChI is InChI=1S/C18H20BrFO/c1-9-10(2)12(4)17(13(5)11(9)3)18(21)14-6-15(19)8-16(20)7-14/h6-8,18,21H,1-5H3. The van der Waals surface area contributed by atoms with Crippen molar-refractivity contribution in [2.75, 3.05) is 0 Å². The first kappa shape index (κ1) is 16.2. The van der Waals surface area contributed by atoms with Crippen LogP contribution in [-0.4, -0.2) is 5.11 Å². The van der Waals surface area contributed by atoms with Crippen LogP contribution in [0.1, 0.15) is 45.0 Å². The first-order valence-corrected chi connectivity index (χ1v) is 7.74. The molecular weight excluding hydrogens is 331 g/mol. The molecule has 0 saturated heterocycles. The Morgan fingerprint density at radius 2 is 1.33 bits per heavy atom. The molecule has 0 aromatic heterocycles. The summed E-state index contributed by atoms with van der Waals surface area (Å²) in [5.74, 6) is -0.353. The van der Waals surface area contributed by atoms with Crippen molar-refractivity contribution in [3.05, 3.63) is 67.4 Å². The van der Waals surface area contributed by atoms with Crippen LogP contribution in [0, 0.1) is 40.4 Å². The van der Waals surface area contributed by atoms with E-state index in [1.807, 2.05) is 13.8 Å². The van der Waals surface area contributed by atoms with Crippen molar-refractivity contribution in [2.24, 2.45) is 0 Å². The highest BCUT2D eigenvalue weighted by Gasteiger charge is 2.20. The Balaban J connectivity index is 2.66. The minimum Gasteiger partial charge on any atom is -0.384 e. The molecule has 1 unspecified atom stereocenters. The lowest BCUT2D eigenvalue weighted by atomic mass is 9.85. The van der Waals surface area contributed by atoms with Gasteiger partial charge in [-0.15, -0.1) is 0 Å². The molecule has 112 valence electrons. The Kier molecular flexibility index (Phi) is 4.54. The van der Waals surface area contributed by atoms with Gasteiger partial charge in [-0.1, -0.05) is 15.9 Å². The SMILES string of the molecule is Cc1c(C)c(C)c(C(O)c2cc(F)cc(Br)c2)c(C)c1C. The molecule has 2 aromatic carbocycles. The lowest BCUT2D eigenvalue weighted by Crippen LogP contribution is -2.09. The van der Waals surface area contributed by atoms with Crippen molar-refractivity contribution in [1.29, 1.82) is 0 Å². The minimum atomic E-state index is -0.824. The van der Waals surface area contributed by atoms with Gasteiger partial charge in [-0.05, 0) is 91.8 Å². The largest absolute Gasteiger partial charge is 0.384 e. The van der Waals surface area contributed by atoms with Crippen LogP contribution < -0.4 is 0 Å². The molecule has 0 radical (unpaired) electrons. The molecule has 0 amide bonds. The number of hydrogen-bond donors (Lipinski definition) is 1. The molecule has 21 heavy (non-hydrogen) atoms. The first-order valence-electron chi connectivity index (χ1n) is 6.95. The predicted molar refractivity (Wildman–Crippen MR) is 88.3 cm³/mol. The van der Waals surface area contributed by atoms with Crippen LogP contribution in [0.3, 0.4) is 0 Å². The highest BCUT2D eigenvalue weighted by atomic mass is 79.9. The summed E-state index contributed by atoms with van der Waals surface area (Å²) in [6.07, 6.45) is -0.824. The molecule has 0 fully saturated rings. The smallest absolute Gasteiger partial charge is 0.124 e. The van der Waals surface area contributed by atoms with Gasteiger partial charge in [0.25, 0.3) is 0 Å². The number of aliphatic hydroxyl groups is 1. The molecule has 0 aliphatic carbocycles. The number of rotatable bonds is 2. The summed E-state index contributed by atoms with van der Waals surface area (Å²) in [5, 5.41) is 10.8. The van der Waals surface area contributed by atoms with Gasteiger partial charge in [0.2, 0.25) is 0 Å². The topological polar surface area (TPSA) is 20.2 Å². The van der Waals surface area contributed by atoms with E-state index in [4.69, 9.17) is 0 Å².